The van der Waals surface area contributed by atoms with Crippen molar-refractivity contribution in [1.29, 1.82) is 0 Å². The van der Waals surface area contributed by atoms with Gasteiger partial charge < -0.3 is 9.64 Å². The van der Waals surface area contributed by atoms with E-state index in [0.717, 1.165) is 36.2 Å². The van der Waals surface area contributed by atoms with Crippen LogP contribution in [0.3, 0.4) is 0 Å². The van der Waals surface area contributed by atoms with Crippen LogP contribution in [-0.4, -0.2) is 19.7 Å². The monoisotopic (exact) mass is 239 g/mol. The molecule has 1 aromatic carbocycles. The van der Waals surface area contributed by atoms with E-state index in [1.165, 1.54) is 5.56 Å². The molecule has 0 saturated carbocycles. The first-order valence-corrected chi connectivity index (χ1v) is 6.22. The SMILES string of the molecule is CCN1CCOc2c(Cl)cc(C(C)C)cc21. The number of fused-ring (bicyclic) bond motifs is 1. The van der Waals surface area contributed by atoms with E-state index in [0.29, 0.717) is 5.92 Å². The number of anilines is 1. The van der Waals surface area contributed by atoms with Gasteiger partial charge in [-0.25, -0.2) is 0 Å². The summed E-state index contributed by atoms with van der Waals surface area (Å²) in [6.45, 7) is 9.18. The summed E-state index contributed by atoms with van der Waals surface area (Å²) in [6.07, 6.45) is 0. The van der Waals surface area contributed by atoms with Crippen LogP contribution in [-0.2, 0) is 0 Å². The Morgan fingerprint density at radius 1 is 1.44 bits per heavy atom. The normalized spacial score (nSPS) is 14.9. The average Bonchev–Trinajstić information content (AvgIpc) is 2.28. The fraction of sp³-hybridized carbons (Fsp3) is 0.538. The Hall–Kier alpha value is -0.890. The van der Waals surface area contributed by atoms with Crippen molar-refractivity contribution < 1.29 is 4.74 Å². The first kappa shape index (κ1) is 11.6. The van der Waals surface area contributed by atoms with Crippen molar-refractivity contribution in [3.63, 3.8) is 0 Å². The van der Waals surface area contributed by atoms with Crippen LogP contribution in [0, 0.1) is 0 Å². The molecule has 0 radical (unpaired) electrons. The lowest BCUT2D eigenvalue weighted by molar-refractivity contribution is 0.308. The molecule has 0 spiro atoms. The topological polar surface area (TPSA) is 12.5 Å². The molecule has 2 rings (SSSR count). The van der Waals surface area contributed by atoms with Crippen molar-refractivity contribution in [3.8, 4) is 5.75 Å². The van der Waals surface area contributed by atoms with Gasteiger partial charge in [0.25, 0.3) is 0 Å². The van der Waals surface area contributed by atoms with Crippen molar-refractivity contribution in [3.05, 3.63) is 22.7 Å². The highest BCUT2D eigenvalue weighted by Gasteiger charge is 2.20. The van der Waals surface area contributed by atoms with Crippen LogP contribution in [0.15, 0.2) is 12.1 Å². The largest absolute Gasteiger partial charge is 0.488 e. The second-order valence-corrected chi connectivity index (χ2v) is 4.84. The van der Waals surface area contributed by atoms with Gasteiger partial charge in [0.15, 0.2) is 5.75 Å². The quantitative estimate of drug-likeness (QED) is 0.781. The number of ether oxygens (including phenoxy) is 1. The molecule has 0 N–H and O–H groups in total. The van der Waals surface area contributed by atoms with Crippen molar-refractivity contribution in [2.24, 2.45) is 0 Å². The highest BCUT2D eigenvalue weighted by Crippen LogP contribution is 2.40. The fourth-order valence-electron chi connectivity index (χ4n) is 2.02. The molecular weight excluding hydrogens is 222 g/mol. The molecule has 0 bridgehead atoms. The Morgan fingerprint density at radius 3 is 2.81 bits per heavy atom. The lowest BCUT2D eigenvalue weighted by Gasteiger charge is -2.31. The van der Waals surface area contributed by atoms with E-state index in [1.54, 1.807) is 0 Å². The zero-order chi connectivity index (χ0) is 11.7. The second-order valence-electron chi connectivity index (χ2n) is 4.43. The smallest absolute Gasteiger partial charge is 0.161 e. The second kappa shape index (κ2) is 4.54. The predicted molar refractivity (Wildman–Crippen MR) is 68.9 cm³/mol. The molecule has 16 heavy (non-hydrogen) atoms. The van der Waals surface area contributed by atoms with E-state index in [9.17, 15) is 0 Å². The molecule has 0 saturated heterocycles. The zero-order valence-corrected chi connectivity index (χ0v) is 10.8. The maximum absolute atomic E-state index is 6.26. The van der Waals surface area contributed by atoms with E-state index in [-0.39, 0.29) is 0 Å². The number of halogens is 1. The number of likely N-dealkylation sites (N-methyl/N-ethyl adjacent to an activating group) is 1. The van der Waals surface area contributed by atoms with Crippen LogP contribution in [0.5, 0.6) is 5.75 Å². The van der Waals surface area contributed by atoms with Crippen LogP contribution in [0.2, 0.25) is 5.02 Å². The summed E-state index contributed by atoms with van der Waals surface area (Å²) in [7, 11) is 0. The van der Waals surface area contributed by atoms with E-state index >= 15 is 0 Å². The third-order valence-corrected chi connectivity index (χ3v) is 3.32. The Labute approximate surface area is 102 Å². The van der Waals surface area contributed by atoms with Crippen LogP contribution in [0.4, 0.5) is 5.69 Å². The maximum Gasteiger partial charge on any atom is 0.161 e. The van der Waals surface area contributed by atoms with Crippen LogP contribution in [0.25, 0.3) is 0 Å². The zero-order valence-electron chi connectivity index (χ0n) is 10.1. The maximum atomic E-state index is 6.26. The van der Waals surface area contributed by atoms with Gasteiger partial charge in [0, 0.05) is 6.54 Å². The van der Waals surface area contributed by atoms with Crippen molar-refractivity contribution >= 4 is 17.3 Å². The summed E-state index contributed by atoms with van der Waals surface area (Å²) in [5.74, 6) is 1.34. The standard InChI is InChI=1S/C13H18ClNO/c1-4-15-5-6-16-13-11(14)7-10(9(2)3)8-12(13)15/h7-9H,4-6H2,1-3H3. The van der Waals surface area contributed by atoms with Crippen molar-refractivity contribution in [2.45, 2.75) is 26.7 Å². The van der Waals surface area contributed by atoms with Gasteiger partial charge >= 0.3 is 0 Å². The third-order valence-electron chi connectivity index (χ3n) is 3.04. The van der Waals surface area contributed by atoms with Crippen molar-refractivity contribution in [2.75, 3.05) is 24.6 Å². The van der Waals surface area contributed by atoms with Crippen LogP contribution >= 0.6 is 11.6 Å². The molecule has 0 fully saturated rings. The van der Waals surface area contributed by atoms with E-state index in [1.807, 2.05) is 6.07 Å². The molecule has 0 aromatic heterocycles. The molecule has 0 unspecified atom stereocenters. The molecular formula is C13H18ClNO. The molecule has 0 aliphatic carbocycles. The minimum Gasteiger partial charge on any atom is -0.488 e. The minimum absolute atomic E-state index is 0.489. The molecule has 0 amide bonds. The van der Waals surface area contributed by atoms with Gasteiger partial charge in [-0.05, 0) is 30.5 Å². The van der Waals surface area contributed by atoms with Crippen LogP contribution < -0.4 is 9.64 Å². The van der Waals surface area contributed by atoms with Gasteiger partial charge in [-0.3, -0.25) is 0 Å². The molecule has 3 heteroatoms. The average molecular weight is 240 g/mol. The minimum atomic E-state index is 0.489. The number of hydrogen-bond acceptors (Lipinski definition) is 2. The number of benzene rings is 1. The number of nitrogens with zero attached hydrogens (tertiary/aromatic N) is 1. The first-order valence-electron chi connectivity index (χ1n) is 5.84. The van der Waals surface area contributed by atoms with Gasteiger partial charge in [0.05, 0.1) is 17.3 Å². The molecule has 1 aliphatic rings. The van der Waals surface area contributed by atoms with Crippen molar-refractivity contribution in [1.82, 2.24) is 0 Å². The highest BCUT2D eigenvalue weighted by molar-refractivity contribution is 6.32. The van der Waals surface area contributed by atoms with Gasteiger partial charge in [-0.15, -0.1) is 0 Å². The molecule has 1 aliphatic heterocycles. The summed E-state index contributed by atoms with van der Waals surface area (Å²) >= 11 is 6.26. The Bertz CT molecular complexity index is 390. The van der Waals surface area contributed by atoms with E-state index < -0.39 is 0 Å². The fourth-order valence-corrected chi connectivity index (χ4v) is 2.29. The summed E-state index contributed by atoms with van der Waals surface area (Å²) in [5.41, 5.74) is 2.41. The predicted octanol–water partition coefficient (Wildman–Crippen LogP) is 3.68. The summed E-state index contributed by atoms with van der Waals surface area (Å²) in [4.78, 5) is 2.32. The van der Waals surface area contributed by atoms with Gasteiger partial charge in [0.2, 0.25) is 0 Å². The Morgan fingerprint density at radius 2 is 2.19 bits per heavy atom. The summed E-state index contributed by atoms with van der Waals surface area (Å²) in [6, 6.07) is 4.22. The van der Waals surface area contributed by atoms with Crippen LogP contribution in [0.1, 0.15) is 32.3 Å². The lowest BCUT2D eigenvalue weighted by atomic mass is 10.0. The first-order chi connectivity index (χ1) is 7.63. The number of rotatable bonds is 2. The highest BCUT2D eigenvalue weighted by atomic mass is 35.5. The van der Waals surface area contributed by atoms with Gasteiger partial charge in [0.1, 0.15) is 6.61 Å². The van der Waals surface area contributed by atoms with Gasteiger partial charge in [-0.2, -0.15) is 0 Å². The lowest BCUT2D eigenvalue weighted by Crippen LogP contribution is -2.32. The van der Waals surface area contributed by atoms with Gasteiger partial charge in [-0.1, -0.05) is 25.4 Å². The Kier molecular flexibility index (Phi) is 3.29. The Balaban J connectivity index is 2.49. The molecule has 0 atom stereocenters. The molecule has 1 aromatic rings. The number of hydrogen-bond donors (Lipinski definition) is 0. The molecule has 2 nitrogen and oxygen atoms in total. The van der Waals surface area contributed by atoms with E-state index in [4.69, 9.17) is 16.3 Å². The molecule has 1 heterocycles. The van der Waals surface area contributed by atoms with E-state index in [2.05, 4.69) is 31.7 Å². The summed E-state index contributed by atoms with van der Waals surface area (Å²) in [5, 5.41) is 0.736. The third kappa shape index (κ3) is 1.99. The molecule has 88 valence electrons. The summed E-state index contributed by atoms with van der Waals surface area (Å²) < 4.78 is 5.65.